The van der Waals surface area contributed by atoms with E-state index in [1.54, 1.807) is 7.05 Å². The highest BCUT2D eigenvalue weighted by Gasteiger charge is 2.41. The lowest BCUT2D eigenvalue weighted by molar-refractivity contribution is -0.119. The number of fused-ring (bicyclic) bond motifs is 2. The van der Waals surface area contributed by atoms with E-state index in [0.717, 1.165) is 43.9 Å². The number of benzene rings is 1. The second-order valence-electron chi connectivity index (χ2n) is 7.46. The van der Waals surface area contributed by atoms with Gasteiger partial charge in [0.05, 0.1) is 18.2 Å². The number of guanidine groups is 1. The summed E-state index contributed by atoms with van der Waals surface area (Å²) in [5, 5.41) is 6.88. The molecule has 3 heterocycles. The number of piperidine rings is 1. The van der Waals surface area contributed by atoms with E-state index in [4.69, 9.17) is 4.74 Å². The fourth-order valence-electron chi connectivity index (χ4n) is 4.22. The first-order chi connectivity index (χ1) is 12.7. The molecule has 3 atom stereocenters. The minimum Gasteiger partial charge on any atom is -0.373 e. The van der Waals surface area contributed by atoms with Gasteiger partial charge < -0.3 is 20.3 Å². The first-order valence-electron chi connectivity index (χ1n) is 9.75. The van der Waals surface area contributed by atoms with Crippen LogP contribution in [0.5, 0.6) is 0 Å². The van der Waals surface area contributed by atoms with Gasteiger partial charge in [-0.3, -0.25) is 9.79 Å². The van der Waals surface area contributed by atoms with Crippen LogP contribution >= 0.6 is 24.0 Å². The summed E-state index contributed by atoms with van der Waals surface area (Å²) in [6, 6.07) is 8.61. The highest BCUT2D eigenvalue weighted by Crippen LogP contribution is 2.34. The number of carbonyl (C=O) groups excluding carboxylic acids is 1. The van der Waals surface area contributed by atoms with Crippen molar-refractivity contribution >= 4 is 41.5 Å². The molecule has 3 unspecified atom stereocenters. The minimum atomic E-state index is 0. The van der Waals surface area contributed by atoms with E-state index in [1.165, 1.54) is 12.0 Å². The first kappa shape index (κ1) is 20.4. The van der Waals surface area contributed by atoms with Crippen molar-refractivity contribution in [3.05, 3.63) is 29.8 Å². The summed E-state index contributed by atoms with van der Waals surface area (Å²) >= 11 is 0. The molecule has 2 N–H and O–H groups in total. The number of amides is 1. The molecular formula is C20H29IN4O2. The van der Waals surface area contributed by atoms with Gasteiger partial charge in [0.1, 0.15) is 0 Å². The summed E-state index contributed by atoms with van der Waals surface area (Å²) < 4.78 is 5.90. The van der Waals surface area contributed by atoms with Crippen molar-refractivity contribution in [2.75, 3.05) is 18.5 Å². The Bertz CT molecular complexity index is 679. The molecule has 0 aromatic heterocycles. The van der Waals surface area contributed by atoms with Crippen LogP contribution in [0.15, 0.2) is 29.3 Å². The van der Waals surface area contributed by atoms with E-state index in [9.17, 15) is 4.79 Å². The van der Waals surface area contributed by atoms with Gasteiger partial charge in [-0.25, -0.2) is 0 Å². The van der Waals surface area contributed by atoms with Gasteiger partial charge in [-0.1, -0.05) is 12.1 Å². The van der Waals surface area contributed by atoms with E-state index < -0.39 is 0 Å². The molecule has 148 valence electrons. The van der Waals surface area contributed by atoms with E-state index in [2.05, 4.69) is 27.8 Å². The summed E-state index contributed by atoms with van der Waals surface area (Å²) in [4.78, 5) is 18.3. The Kier molecular flexibility index (Phi) is 6.97. The van der Waals surface area contributed by atoms with Gasteiger partial charge in [-0.15, -0.1) is 24.0 Å². The number of nitrogens with zero attached hydrogens (tertiary/aromatic N) is 2. The van der Waals surface area contributed by atoms with E-state index in [-0.39, 0.29) is 29.9 Å². The van der Waals surface area contributed by atoms with Crippen molar-refractivity contribution in [1.29, 1.82) is 0 Å². The Balaban J connectivity index is 0.00000210. The van der Waals surface area contributed by atoms with Crippen LogP contribution in [0.2, 0.25) is 0 Å². The van der Waals surface area contributed by atoms with E-state index >= 15 is 0 Å². The van der Waals surface area contributed by atoms with Crippen LogP contribution in [0.1, 0.15) is 44.1 Å². The number of hydrogen-bond acceptors (Lipinski definition) is 3. The lowest BCUT2D eigenvalue weighted by Gasteiger charge is -2.27. The standard InChI is InChI=1S/C20H28N4O2.HI/c1-21-20(23-17-12-16-9-10-18(17)26-16)22-13-14-5-7-15(8-6-14)24-11-3-2-4-19(24)25;/h5-8,16-18H,2-4,9-13H2,1H3,(H2,21,22,23);1H. The number of halogens is 1. The largest absolute Gasteiger partial charge is 0.373 e. The molecule has 4 rings (SSSR count). The third-order valence-electron chi connectivity index (χ3n) is 5.68. The maximum absolute atomic E-state index is 12.0. The SMILES string of the molecule is CN=C(NCc1ccc(N2CCCCC2=O)cc1)NC1CC2CCC1O2.I. The summed E-state index contributed by atoms with van der Waals surface area (Å²) in [5.74, 6) is 1.06. The Morgan fingerprint density at radius 2 is 2.07 bits per heavy atom. The monoisotopic (exact) mass is 484 g/mol. The molecule has 1 aromatic rings. The normalized spacial score (nSPS) is 27.4. The molecule has 0 aliphatic carbocycles. The highest BCUT2D eigenvalue weighted by atomic mass is 127. The second-order valence-corrected chi connectivity index (χ2v) is 7.46. The average molecular weight is 484 g/mol. The van der Waals surface area contributed by atoms with Gasteiger partial charge in [-0.05, 0) is 49.8 Å². The molecule has 3 saturated heterocycles. The van der Waals surface area contributed by atoms with Crippen LogP contribution in [-0.2, 0) is 16.1 Å². The van der Waals surface area contributed by atoms with Crippen LogP contribution in [0.3, 0.4) is 0 Å². The molecule has 3 aliphatic rings. The molecule has 6 nitrogen and oxygen atoms in total. The lowest BCUT2D eigenvalue weighted by atomic mass is 9.96. The number of ether oxygens (including phenoxy) is 1. The number of anilines is 1. The molecule has 27 heavy (non-hydrogen) atoms. The average Bonchev–Trinajstić information content (AvgIpc) is 3.29. The number of carbonyl (C=O) groups is 1. The molecule has 0 radical (unpaired) electrons. The third kappa shape index (κ3) is 4.74. The van der Waals surface area contributed by atoms with E-state index in [0.29, 0.717) is 31.2 Å². The quantitative estimate of drug-likeness (QED) is 0.392. The smallest absolute Gasteiger partial charge is 0.226 e. The maximum atomic E-state index is 12.0. The molecule has 0 spiro atoms. The molecule has 7 heteroatoms. The van der Waals surface area contributed by atoms with Crippen LogP contribution in [0.25, 0.3) is 0 Å². The Labute approximate surface area is 178 Å². The van der Waals surface area contributed by atoms with Gasteiger partial charge in [0.25, 0.3) is 0 Å². The Morgan fingerprint density at radius 3 is 2.70 bits per heavy atom. The van der Waals surface area contributed by atoms with Crippen molar-refractivity contribution in [3.8, 4) is 0 Å². The third-order valence-corrected chi connectivity index (χ3v) is 5.68. The van der Waals surface area contributed by atoms with Gasteiger partial charge >= 0.3 is 0 Å². The van der Waals surface area contributed by atoms with Gasteiger partial charge in [-0.2, -0.15) is 0 Å². The number of rotatable bonds is 4. The van der Waals surface area contributed by atoms with Crippen molar-refractivity contribution in [3.63, 3.8) is 0 Å². The lowest BCUT2D eigenvalue weighted by Crippen LogP contribution is -2.47. The maximum Gasteiger partial charge on any atom is 0.226 e. The van der Waals surface area contributed by atoms with Crippen LogP contribution in [0.4, 0.5) is 5.69 Å². The van der Waals surface area contributed by atoms with Crippen LogP contribution < -0.4 is 15.5 Å². The fourth-order valence-corrected chi connectivity index (χ4v) is 4.22. The zero-order chi connectivity index (χ0) is 17.9. The summed E-state index contributed by atoms with van der Waals surface area (Å²) in [5.41, 5.74) is 2.17. The Morgan fingerprint density at radius 1 is 1.26 bits per heavy atom. The van der Waals surface area contributed by atoms with Gasteiger partial charge in [0, 0.05) is 32.2 Å². The molecular weight excluding hydrogens is 455 g/mol. The zero-order valence-electron chi connectivity index (χ0n) is 15.8. The summed E-state index contributed by atoms with van der Waals surface area (Å²) in [6.45, 7) is 1.54. The first-order valence-corrected chi connectivity index (χ1v) is 9.75. The second kappa shape index (κ2) is 9.23. The number of aliphatic imine (C=N–C) groups is 1. The summed E-state index contributed by atoms with van der Waals surface area (Å²) in [6.07, 6.45) is 6.94. The molecule has 1 amide bonds. The fraction of sp³-hybridized carbons (Fsp3) is 0.600. The van der Waals surface area contributed by atoms with Gasteiger partial charge in [0.2, 0.25) is 5.91 Å². The molecule has 0 saturated carbocycles. The molecule has 1 aromatic carbocycles. The topological polar surface area (TPSA) is 66.0 Å². The zero-order valence-corrected chi connectivity index (χ0v) is 18.1. The van der Waals surface area contributed by atoms with E-state index in [1.807, 2.05) is 17.0 Å². The van der Waals surface area contributed by atoms with Crippen molar-refractivity contribution in [2.45, 2.75) is 63.3 Å². The number of hydrogen-bond donors (Lipinski definition) is 2. The number of nitrogens with one attached hydrogen (secondary N) is 2. The van der Waals surface area contributed by atoms with Crippen molar-refractivity contribution in [2.24, 2.45) is 4.99 Å². The minimum absolute atomic E-state index is 0. The molecule has 3 fully saturated rings. The van der Waals surface area contributed by atoms with Crippen molar-refractivity contribution < 1.29 is 9.53 Å². The van der Waals surface area contributed by atoms with Crippen LogP contribution in [0, 0.1) is 0 Å². The molecule has 3 aliphatic heterocycles. The predicted molar refractivity (Wildman–Crippen MR) is 118 cm³/mol. The molecule has 2 bridgehead atoms. The highest BCUT2D eigenvalue weighted by molar-refractivity contribution is 14.0. The van der Waals surface area contributed by atoms with Crippen molar-refractivity contribution in [1.82, 2.24) is 10.6 Å². The summed E-state index contributed by atoms with van der Waals surface area (Å²) in [7, 11) is 1.80. The Hall–Kier alpha value is -1.35. The van der Waals surface area contributed by atoms with Crippen LogP contribution in [-0.4, -0.2) is 43.7 Å². The van der Waals surface area contributed by atoms with Gasteiger partial charge in [0.15, 0.2) is 5.96 Å². The predicted octanol–water partition coefficient (Wildman–Crippen LogP) is 2.81.